The molecule has 1 heterocycles. The Bertz CT molecular complexity index is 645. The van der Waals surface area contributed by atoms with Crippen LogP contribution in [0.3, 0.4) is 0 Å². The molecule has 0 bridgehead atoms. The van der Waals surface area contributed by atoms with Crippen molar-refractivity contribution in [1.82, 2.24) is 9.78 Å². The summed E-state index contributed by atoms with van der Waals surface area (Å²) in [6, 6.07) is 2.52. The minimum atomic E-state index is 0.317. The molecule has 1 N–H and O–H groups in total. The van der Waals surface area contributed by atoms with Crippen molar-refractivity contribution in [3.05, 3.63) is 22.3 Å². The third-order valence-electron chi connectivity index (χ3n) is 4.61. The van der Waals surface area contributed by atoms with Gasteiger partial charge in [-0.2, -0.15) is 5.10 Å². The van der Waals surface area contributed by atoms with Gasteiger partial charge in [-0.05, 0) is 60.5 Å². The average Bonchev–Trinajstić information content (AvgIpc) is 2.92. The first-order chi connectivity index (χ1) is 10.1. The van der Waals surface area contributed by atoms with Gasteiger partial charge in [0.2, 0.25) is 0 Å². The molecule has 1 aliphatic rings. The lowest BCUT2D eigenvalue weighted by atomic mass is 9.87. The molecule has 4 nitrogen and oxygen atoms in total. The number of aromatic nitrogens is 2. The molecule has 1 saturated carbocycles. The number of fused-ring (bicyclic) bond motifs is 1. The Hall–Kier alpha value is -1.07. The summed E-state index contributed by atoms with van der Waals surface area (Å²) >= 11 is 3.56. The predicted octanol–water partition coefficient (Wildman–Crippen LogP) is 3.84. The maximum absolute atomic E-state index is 9.25. The third-order valence-corrected chi connectivity index (χ3v) is 5.20. The summed E-state index contributed by atoms with van der Waals surface area (Å²) in [4.78, 5) is 0. The minimum Gasteiger partial charge on any atom is -0.495 e. The van der Waals surface area contributed by atoms with E-state index in [0.29, 0.717) is 18.6 Å². The van der Waals surface area contributed by atoms with E-state index in [1.54, 1.807) is 7.11 Å². The number of ether oxygens (including phenoxy) is 1. The molecule has 1 fully saturated rings. The number of halogens is 1. The molecule has 0 atom stereocenters. The van der Waals surface area contributed by atoms with Crippen LogP contribution in [0, 0.1) is 12.8 Å². The highest BCUT2D eigenvalue weighted by atomic mass is 79.9. The van der Waals surface area contributed by atoms with Crippen molar-refractivity contribution in [3.8, 4) is 5.75 Å². The van der Waals surface area contributed by atoms with Crippen LogP contribution in [-0.2, 0) is 0 Å². The first kappa shape index (κ1) is 14.9. The predicted molar refractivity (Wildman–Crippen MR) is 86.8 cm³/mol. The third kappa shape index (κ3) is 2.69. The van der Waals surface area contributed by atoms with Gasteiger partial charge in [-0.1, -0.05) is 0 Å². The van der Waals surface area contributed by atoms with Crippen molar-refractivity contribution in [3.63, 3.8) is 0 Å². The van der Waals surface area contributed by atoms with Gasteiger partial charge in [-0.3, -0.25) is 4.68 Å². The Morgan fingerprint density at radius 3 is 2.71 bits per heavy atom. The Balaban J connectivity index is 1.93. The first-order valence-electron chi connectivity index (χ1n) is 7.46. The lowest BCUT2D eigenvalue weighted by Gasteiger charge is -2.27. The van der Waals surface area contributed by atoms with Crippen LogP contribution in [0.25, 0.3) is 10.9 Å². The second kappa shape index (κ2) is 5.97. The van der Waals surface area contributed by atoms with Crippen LogP contribution in [0.2, 0.25) is 0 Å². The Kier molecular flexibility index (Phi) is 4.22. The lowest BCUT2D eigenvalue weighted by molar-refractivity contribution is 0.165. The van der Waals surface area contributed by atoms with E-state index in [4.69, 9.17) is 9.84 Å². The van der Waals surface area contributed by atoms with E-state index < -0.39 is 0 Å². The molecule has 1 aromatic heterocycles. The fraction of sp³-hybridized carbons (Fsp3) is 0.562. The molecule has 1 aliphatic carbocycles. The fourth-order valence-electron chi connectivity index (χ4n) is 3.32. The minimum absolute atomic E-state index is 0.317. The van der Waals surface area contributed by atoms with Crippen LogP contribution in [0.1, 0.15) is 37.3 Å². The summed E-state index contributed by atoms with van der Waals surface area (Å²) in [7, 11) is 1.69. The number of hydrogen-bond donors (Lipinski definition) is 1. The van der Waals surface area contributed by atoms with Gasteiger partial charge in [0, 0.05) is 23.8 Å². The number of nitrogens with zero attached hydrogens (tertiary/aromatic N) is 2. The second-order valence-electron chi connectivity index (χ2n) is 5.92. The lowest BCUT2D eigenvalue weighted by Crippen LogP contribution is -2.20. The van der Waals surface area contributed by atoms with E-state index in [0.717, 1.165) is 52.4 Å². The van der Waals surface area contributed by atoms with Gasteiger partial charge in [0.1, 0.15) is 5.75 Å². The number of rotatable bonds is 3. The van der Waals surface area contributed by atoms with Gasteiger partial charge in [-0.15, -0.1) is 0 Å². The van der Waals surface area contributed by atoms with Gasteiger partial charge >= 0.3 is 0 Å². The summed E-state index contributed by atoms with van der Waals surface area (Å²) in [5, 5.41) is 15.2. The highest BCUT2D eigenvalue weighted by molar-refractivity contribution is 9.10. The summed E-state index contributed by atoms with van der Waals surface area (Å²) in [5.74, 6) is 1.33. The maximum atomic E-state index is 9.25. The van der Waals surface area contributed by atoms with Crippen LogP contribution < -0.4 is 4.74 Å². The molecule has 0 radical (unpaired) electrons. The van der Waals surface area contributed by atoms with E-state index in [1.807, 2.05) is 6.92 Å². The van der Waals surface area contributed by atoms with Gasteiger partial charge < -0.3 is 9.84 Å². The Morgan fingerprint density at radius 1 is 1.38 bits per heavy atom. The molecule has 0 saturated heterocycles. The highest BCUT2D eigenvalue weighted by Gasteiger charge is 2.23. The van der Waals surface area contributed by atoms with E-state index in [9.17, 15) is 5.11 Å². The standard InChI is InChI=1S/C16H21BrN2O2/c1-10-15-12(7-14(17)16(10)21-2)8-19(18-15)13-5-3-11(9-20)4-6-13/h7-8,11,13,20H,3-6,9H2,1-2H3/t11-,13-. The molecule has 114 valence electrons. The van der Waals surface area contributed by atoms with Crippen molar-refractivity contribution in [2.45, 2.75) is 38.6 Å². The molecule has 0 aliphatic heterocycles. The maximum Gasteiger partial charge on any atom is 0.138 e. The quantitative estimate of drug-likeness (QED) is 0.912. The van der Waals surface area contributed by atoms with Gasteiger partial charge in [0.05, 0.1) is 23.1 Å². The van der Waals surface area contributed by atoms with Crippen LogP contribution in [0.4, 0.5) is 0 Å². The van der Waals surface area contributed by atoms with Crippen molar-refractivity contribution >= 4 is 26.8 Å². The molecule has 3 rings (SSSR count). The number of aliphatic hydroxyl groups is 1. The van der Waals surface area contributed by atoms with Gasteiger partial charge in [0.25, 0.3) is 0 Å². The summed E-state index contributed by atoms with van der Waals surface area (Å²) in [6.07, 6.45) is 6.50. The number of benzene rings is 1. The van der Waals surface area contributed by atoms with E-state index in [-0.39, 0.29) is 0 Å². The smallest absolute Gasteiger partial charge is 0.138 e. The molecular formula is C16H21BrN2O2. The zero-order valence-corrected chi connectivity index (χ0v) is 14.1. The van der Waals surface area contributed by atoms with Gasteiger partial charge in [-0.25, -0.2) is 0 Å². The van der Waals surface area contributed by atoms with Crippen molar-refractivity contribution in [2.24, 2.45) is 5.92 Å². The SMILES string of the molecule is COc1c(Br)cc2cn([C@H]3CC[C@H](CO)CC3)nc2c1C. The number of methoxy groups -OCH3 is 1. The van der Waals surface area contributed by atoms with Crippen LogP contribution in [-0.4, -0.2) is 28.6 Å². The summed E-state index contributed by atoms with van der Waals surface area (Å²) in [6.45, 7) is 2.36. The molecule has 0 amide bonds. The molecular weight excluding hydrogens is 332 g/mol. The molecule has 0 spiro atoms. The number of aliphatic hydroxyl groups excluding tert-OH is 1. The summed E-state index contributed by atoms with van der Waals surface area (Å²) < 4.78 is 8.52. The van der Waals surface area contributed by atoms with Crippen molar-refractivity contribution < 1.29 is 9.84 Å². The van der Waals surface area contributed by atoms with Crippen LogP contribution in [0.15, 0.2) is 16.7 Å². The van der Waals surface area contributed by atoms with Crippen molar-refractivity contribution in [2.75, 3.05) is 13.7 Å². The van der Waals surface area contributed by atoms with E-state index in [2.05, 4.69) is 32.9 Å². The molecule has 1 aromatic carbocycles. The zero-order valence-electron chi connectivity index (χ0n) is 12.5. The molecule has 5 heteroatoms. The van der Waals surface area contributed by atoms with Crippen LogP contribution >= 0.6 is 15.9 Å². The largest absolute Gasteiger partial charge is 0.495 e. The zero-order chi connectivity index (χ0) is 15.0. The Morgan fingerprint density at radius 2 is 2.10 bits per heavy atom. The monoisotopic (exact) mass is 352 g/mol. The summed E-state index contributed by atoms with van der Waals surface area (Å²) in [5.41, 5.74) is 2.09. The van der Waals surface area contributed by atoms with E-state index in [1.165, 1.54) is 0 Å². The van der Waals surface area contributed by atoms with E-state index >= 15 is 0 Å². The average molecular weight is 353 g/mol. The van der Waals surface area contributed by atoms with Crippen molar-refractivity contribution in [1.29, 1.82) is 0 Å². The van der Waals surface area contributed by atoms with Gasteiger partial charge in [0.15, 0.2) is 0 Å². The molecule has 0 unspecified atom stereocenters. The fourth-order valence-corrected chi connectivity index (χ4v) is 4.03. The van der Waals surface area contributed by atoms with Crippen LogP contribution in [0.5, 0.6) is 5.75 Å². The molecule has 21 heavy (non-hydrogen) atoms. The molecule has 2 aromatic rings. The highest BCUT2D eigenvalue weighted by Crippen LogP contribution is 2.37. The topological polar surface area (TPSA) is 47.3 Å². The number of aryl methyl sites for hydroxylation is 1. The second-order valence-corrected chi connectivity index (χ2v) is 6.78. The first-order valence-corrected chi connectivity index (χ1v) is 8.26. The normalized spacial score (nSPS) is 22.7. The number of hydrogen-bond acceptors (Lipinski definition) is 3. The Labute approximate surface area is 133 Å².